The van der Waals surface area contributed by atoms with E-state index in [1.165, 1.54) is 0 Å². The van der Waals surface area contributed by atoms with Gasteiger partial charge in [0.25, 0.3) is 0 Å². The maximum Gasteiger partial charge on any atom is 0.247 e. The molecule has 1 aromatic carbocycles. The standard InChI is InChI=1S/C12H13NO2/c1-2-8-13-12(15)9-11(14)10-6-4-3-5-7-10/h2-7,9,14H,1,8H2,(H,13,15)/b11-9-. The number of rotatable bonds is 4. The van der Waals surface area contributed by atoms with Gasteiger partial charge in [0, 0.05) is 18.2 Å². The molecule has 1 aromatic rings. The van der Waals surface area contributed by atoms with Crippen LogP contribution in [0.25, 0.3) is 5.76 Å². The molecule has 0 aliphatic rings. The van der Waals surface area contributed by atoms with Crippen LogP contribution in [0.15, 0.2) is 49.1 Å². The van der Waals surface area contributed by atoms with Gasteiger partial charge >= 0.3 is 0 Å². The van der Waals surface area contributed by atoms with Crippen molar-refractivity contribution in [3.63, 3.8) is 0 Å². The van der Waals surface area contributed by atoms with Crippen LogP contribution in [0, 0.1) is 0 Å². The Balaban J connectivity index is 2.67. The monoisotopic (exact) mass is 203 g/mol. The van der Waals surface area contributed by atoms with E-state index >= 15 is 0 Å². The van der Waals surface area contributed by atoms with E-state index in [0.717, 1.165) is 6.08 Å². The van der Waals surface area contributed by atoms with Gasteiger partial charge in [0.2, 0.25) is 5.91 Å². The Morgan fingerprint density at radius 1 is 1.40 bits per heavy atom. The summed E-state index contributed by atoms with van der Waals surface area (Å²) in [5, 5.41) is 12.1. The third-order valence-electron chi connectivity index (χ3n) is 1.76. The Morgan fingerprint density at radius 3 is 2.67 bits per heavy atom. The van der Waals surface area contributed by atoms with Crippen LogP contribution in [0.2, 0.25) is 0 Å². The van der Waals surface area contributed by atoms with Crippen molar-refractivity contribution >= 4 is 11.7 Å². The van der Waals surface area contributed by atoms with Crippen molar-refractivity contribution in [3.8, 4) is 0 Å². The summed E-state index contributed by atoms with van der Waals surface area (Å²) in [6, 6.07) is 8.88. The molecule has 0 aromatic heterocycles. The summed E-state index contributed by atoms with van der Waals surface area (Å²) in [6.07, 6.45) is 2.73. The molecule has 0 aliphatic carbocycles. The molecular weight excluding hydrogens is 190 g/mol. The molecular formula is C12H13NO2. The lowest BCUT2D eigenvalue weighted by molar-refractivity contribution is -0.116. The Morgan fingerprint density at radius 2 is 2.07 bits per heavy atom. The van der Waals surface area contributed by atoms with Gasteiger partial charge in [0.15, 0.2) is 0 Å². The van der Waals surface area contributed by atoms with Gasteiger partial charge in [-0.1, -0.05) is 36.4 Å². The normalized spacial score (nSPS) is 10.8. The highest BCUT2D eigenvalue weighted by atomic mass is 16.3. The molecule has 3 nitrogen and oxygen atoms in total. The molecule has 2 N–H and O–H groups in total. The van der Waals surface area contributed by atoms with Gasteiger partial charge in [0.05, 0.1) is 0 Å². The van der Waals surface area contributed by atoms with E-state index in [9.17, 15) is 9.90 Å². The number of hydrogen-bond acceptors (Lipinski definition) is 2. The van der Waals surface area contributed by atoms with E-state index in [4.69, 9.17) is 0 Å². The van der Waals surface area contributed by atoms with Gasteiger partial charge in [-0.05, 0) is 0 Å². The molecule has 0 saturated heterocycles. The van der Waals surface area contributed by atoms with Crippen LogP contribution in [0.3, 0.4) is 0 Å². The van der Waals surface area contributed by atoms with Crippen molar-refractivity contribution < 1.29 is 9.90 Å². The van der Waals surface area contributed by atoms with Crippen LogP contribution in [0.1, 0.15) is 5.56 Å². The van der Waals surface area contributed by atoms with Gasteiger partial charge in [-0.25, -0.2) is 0 Å². The predicted molar refractivity (Wildman–Crippen MR) is 60.3 cm³/mol. The van der Waals surface area contributed by atoms with E-state index in [1.807, 2.05) is 6.07 Å². The lowest BCUT2D eigenvalue weighted by Gasteiger charge is -2.00. The maximum atomic E-state index is 11.2. The molecule has 0 fully saturated rings. The maximum absolute atomic E-state index is 11.2. The first-order chi connectivity index (χ1) is 7.24. The molecule has 0 aliphatic heterocycles. The number of carbonyl (C=O) groups excluding carboxylic acids is 1. The van der Waals surface area contributed by atoms with E-state index < -0.39 is 0 Å². The summed E-state index contributed by atoms with van der Waals surface area (Å²) in [4.78, 5) is 11.2. The molecule has 0 bridgehead atoms. The van der Waals surface area contributed by atoms with Crippen LogP contribution in [-0.2, 0) is 4.79 Å². The minimum absolute atomic E-state index is 0.0443. The summed E-state index contributed by atoms with van der Waals surface area (Å²) < 4.78 is 0. The Bertz CT molecular complexity index is 368. The number of carbonyl (C=O) groups is 1. The molecule has 0 saturated carbocycles. The molecule has 1 amide bonds. The second-order valence-electron chi connectivity index (χ2n) is 2.93. The Kier molecular flexibility index (Phi) is 4.16. The predicted octanol–water partition coefficient (Wildman–Crippen LogP) is 1.89. The third-order valence-corrected chi connectivity index (χ3v) is 1.76. The Hall–Kier alpha value is -2.03. The van der Waals surface area contributed by atoms with Crippen molar-refractivity contribution in [1.29, 1.82) is 0 Å². The first-order valence-electron chi connectivity index (χ1n) is 4.59. The van der Waals surface area contributed by atoms with E-state index in [2.05, 4.69) is 11.9 Å². The molecule has 0 heterocycles. The first kappa shape index (κ1) is 11.0. The summed E-state index contributed by atoms with van der Waals surface area (Å²) in [5.41, 5.74) is 0.617. The fourth-order valence-corrected chi connectivity index (χ4v) is 1.04. The number of aliphatic hydroxyl groups excluding tert-OH is 1. The summed E-state index contributed by atoms with van der Waals surface area (Å²) in [5.74, 6) is -0.381. The van der Waals surface area contributed by atoms with Crippen LogP contribution >= 0.6 is 0 Å². The number of benzene rings is 1. The van der Waals surface area contributed by atoms with Crippen LogP contribution in [0.5, 0.6) is 0 Å². The molecule has 0 unspecified atom stereocenters. The Labute approximate surface area is 88.7 Å². The number of amides is 1. The highest BCUT2D eigenvalue weighted by Crippen LogP contribution is 2.09. The van der Waals surface area contributed by atoms with Crippen LogP contribution in [-0.4, -0.2) is 17.6 Å². The molecule has 78 valence electrons. The average Bonchev–Trinajstić information content (AvgIpc) is 2.27. The van der Waals surface area contributed by atoms with Crippen molar-refractivity contribution in [2.75, 3.05) is 6.54 Å². The number of aliphatic hydroxyl groups is 1. The summed E-state index contributed by atoms with van der Waals surface area (Å²) in [6.45, 7) is 3.86. The fourth-order valence-electron chi connectivity index (χ4n) is 1.04. The minimum Gasteiger partial charge on any atom is -0.507 e. The average molecular weight is 203 g/mol. The van der Waals surface area contributed by atoms with E-state index in [-0.39, 0.29) is 11.7 Å². The van der Waals surface area contributed by atoms with Crippen LogP contribution < -0.4 is 5.32 Å². The summed E-state index contributed by atoms with van der Waals surface area (Å²) >= 11 is 0. The number of nitrogens with one attached hydrogen (secondary N) is 1. The molecule has 15 heavy (non-hydrogen) atoms. The molecule has 0 spiro atoms. The zero-order valence-corrected chi connectivity index (χ0v) is 8.31. The van der Waals surface area contributed by atoms with Crippen molar-refractivity contribution in [2.45, 2.75) is 0 Å². The smallest absolute Gasteiger partial charge is 0.247 e. The van der Waals surface area contributed by atoms with Crippen LogP contribution in [0.4, 0.5) is 0 Å². The van der Waals surface area contributed by atoms with Crippen molar-refractivity contribution in [1.82, 2.24) is 5.32 Å². The zero-order chi connectivity index (χ0) is 11.1. The molecule has 0 radical (unpaired) electrons. The lowest BCUT2D eigenvalue weighted by atomic mass is 10.2. The van der Waals surface area contributed by atoms with Gasteiger partial charge in [-0.2, -0.15) is 0 Å². The lowest BCUT2D eigenvalue weighted by Crippen LogP contribution is -2.21. The van der Waals surface area contributed by atoms with Crippen molar-refractivity contribution in [2.24, 2.45) is 0 Å². The van der Waals surface area contributed by atoms with Gasteiger partial charge in [-0.15, -0.1) is 6.58 Å². The molecule has 3 heteroatoms. The molecule has 0 atom stereocenters. The highest BCUT2D eigenvalue weighted by Gasteiger charge is 2.00. The zero-order valence-electron chi connectivity index (χ0n) is 8.31. The van der Waals surface area contributed by atoms with Gasteiger partial charge in [0.1, 0.15) is 5.76 Å². The third kappa shape index (κ3) is 3.68. The quantitative estimate of drug-likeness (QED) is 0.446. The first-order valence-corrected chi connectivity index (χ1v) is 4.59. The largest absolute Gasteiger partial charge is 0.507 e. The summed E-state index contributed by atoms with van der Waals surface area (Å²) in [7, 11) is 0. The highest BCUT2D eigenvalue weighted by molar-refractivity contribution is 5.93. The minimum atomic E-state index is -0.337. The second kappa shape index (κ2) is 5.65. The topological polar surface area (TPSA) is 49.3 Å². The van der Waals surface area contributed by atoms with E-state index in [0.29, 0.717) is 12.1 Å². The molecule has 1 rings (SSSR count). The second-order valence-corrected chi connectivity index (χ2v) is 2.93. The number of hydrogen-bond donors (Lipinski definition) is 2. The van der Waals surface area contributed by atoms with E-state index in [1.54, 1.807) is 30.3 Å². The SMILES string of the molecule is C=CCNC(=O)/C=C(\O)c1ccccc1. The van der Waals surface area contributed by atoms with Crippen molar-refractivity contribution in [3.05, 3.63) is 54.6 Å². The fraction of sp³-hybridized carbons (Fsp3) is 0.0833. The van der Waals surface area contributed by atoms with Gasteiger partial charge < -0.3 is 10.4 Å². The van der Waals surface area contributed by atoms with Gasteiger partial charge in [-0.3, -0.25) is 4.79 Å².